The number of hydrogen-bond donors (Lipinski definition) is 2. The molecular weight excluding hydrogens is 150 g/mol. The Labute approximate surface area is 74.4 Å². The Morgan fingerprint density at radius 1 is 1.08 bits per heavy atom. The highest BCUT2D eigenvalue weighted by molar-refractivity contribution is 4.87. The van der Waals surface area contributed by atoms with Gasteiger partial charge in [0.25, 0.3) is 0 Å². The number of aliphatic hydroxyl groups is 1. The van der Waals surface area contributed by atoms with E-state index in [2.05, 4.69) is 5.32 Å². The zero-order valence-electron chi connectivity index (χ0n) is 7.63. The minimum atomic E-state index is -0.0602. The van der Waals surface area contributed by atoms with Gasteiger partial charge in [-0.05, 0) is 38.1 Å². The maximum Gasteiger partial charge on any atom is 0.0721 e. The first kappa shape index (κ1) is 8.52. The Morgan fingerprint density at radius 2 is 1.83 bits per heavy atom. The summed E-state index contributed by atoms with van der Waals surface area (Å²) in [4.78, 5) is 0. The van der Waals surface area contributed by atoms with Crippen LogP contribution >= 0.6 is 0 Å². The second kappa shape index (κ2) is 3.75. The molecule has 0 aromatic heterocycles. The van der Waals surface area contributed by atoms with Gasteiger partial charge in [-0.1, -0.05) is 12.8 Å². The maximum absolute atomic E-state index is 9.99. The Kier molecular flexibility index (Phi) is 2.66. The summed E-state index contributed by atoms with van der Waals surface area (Å²) in [7, 11) is 0. The molecule has 70 valence electrons. The Morgan fingerprint density at radius 3 is 2.42 bits per heavy atom. The fourth-order valence-corrected chi connectivity index (χ4v) is 2.63. The van der Waals surface area contributed by atoms with Crippen molar-refractivity contribution in [3.8, 4) is 0 Å². The van der Waals surface area contributed by atoms with Gasteiger partial charge in [-0.2, -0.15) is 0 Å². The molecule has 1 aliphatic heterocycles. The van der Waals surface area contributed by atoms with Crippen molar-refractivity contribution < 1.29 is 5.11 Å². The SMILES string of the molecule is OC(C1CCCC1)C1CCCN1. The fraction of sp³-hybridized carbons (Fsp3) is 1.00. The third-order valence-corrected chi connectivity index (χ3v) is 3.39. The molecule has 2 heteroatoms. The van der Waals surface area contributed by atoms with Gasteiger partial charge in [-0.3, -0.25) is 0 Å². The van der Waals surface area contributed by atoms with E-state index in [1.165, 1.54) is 38.5 Å². The molecule has 0 aromatic rings. The molecule has 1 aliphatic carbocycles. The summed E-state index contributed by atoms with van der Waals surface area (Å²) >= 11 is 0. The quantitative estimate of drug-likeness (QED) is 0.653. The lowest BCUT2D eigenvalue weighted by Gasteiger charge is -2.23. The van der Waals surface area contributed by atoms with Crippen molar-refractivity contribution in [1.82, 2.24) is 5.32 Å². The van der Waals surface area contributed by atoms with Crippen LogP contribution in [0.1, 0.15) is 38.5 Å². The molecule has 2 nitrogen and oxygen atoms in total. The molecule has 0 bridgehead atoms. The van der Waals surface area contributed by atoms with Crippen LogP contribution in [0, 0.1) is 5.92 Å². The van der Waals surface area contributed by atoms with E-state index in [4.69, 9.17) is 0 Å². The maximum atomic E-state index is 9.99. The molecule has 2 rings (SSSR count). The molecule has 2 aliphatic rings. The van der Waals surface area contributed by atoms with E-state index >= 15 is 0 Å². The van der Waals surface area contributed by atoms with Crippen molar-refractivity contribution in [2.45, 2.75) is 50.7 Å². The summed E-state index contributed by atoms with van der Waals surface area (Å²) in [5.74, 6) is 0.598. The highest BCUT2D eigenvalue weighted by atomic mass is 16.3. The van der Waals surface area contributed by atoms with E-state index < -0.39 is 0 Å². The summed E-state index contributed by atoms with van der Waals surface area (Å²) in [6, 6.07) is 0.410. The molecule has 1 saturated carbocycles. The van der Waals surface area contributed by atoms with Crippen LogP contribution in [-0.2, 0) is 0 Å². The second-order valence-electron chi connectivity index (χ2n) is 4.24. The molecular formula is C10H19NO. The van der Waals surface area contributed by atoms with Crippen LogP contribution < -0.4 is 5.32 Å². The third kappa shape index (κ3) is 1.64. The van der Waals surface area contributed by atoms with Gasteiger partial charge in [0.2, 0.25) is 0 Å². The number of rotatable bonds is 2. The predicted molar refractivity (Wildman–Crippen MR) is 49.0 cm³/mol. The van der Waals surface area contributed by atoms with Gasteiger partial charge in [0, 0.05) is 6.04 Å². The fourth-order valence-electron chi connectivity index (χ4n) is 2.63. The first-order valence-corrected chi connectivity index (χ1v) is 5.29. The molecule has 12 heavy (non-hydrogen) atoms. The molecule has 0 aromatic carbocycles. The van der Waals surface area contributed by atoms with Gasteiger partial charge in [0.1, 0.15) is 0 Å². The average molecular weight is 169 g/mol. The van der Waals surface area contributed by atoms with Crippen molar-refractivity contribution >= 4 is 0 Å². The van der Waals surface area contributed by atoms with Crippen molar-refractivity contribution in [2.75, 3.05) is 6.54 Å². The Bertz CT molecular complexity index is 121. The van der Waals surface area contributed by atoms with Gasteiger partial charge in [0.15, 0.2) is 0 Å². The summed E-state index contributed by atoms with van der Waals surface area (Å²) in [6.45, 7) is 1.11. The molecule has 2 fully saturated rings. The summed E-state index contributed by atoms with van der Waals surface area (Å²) in [5.41, 5.74) is 0. The topological polar surface area (TPSA) is 32.3 Å². The van der Waals surface area contributed by atoms with Crippen LogP contribution in [0.2, 0.25) is 0 Å². The van der Waals surface area contributed by atoms with Gasteiger partial charge < -0.3 is 10.4 Å². The molecule has 1 heterocycles. The van der Waals surface area contributed by atoms with Gasteiger partial charge >= 0.3 is 0 Å². The number of hydrogen-bond acceptors (Lipinski definition) is 2. The van der Waals surface area contributed by atoms with Crippen molar-refractivity contribution in [1.29, 1.82) is 0 Å². The first-order chi connectivity index (χ1) is 5.88. The van der Waals surface area contributed by atoms with Crippen LogP contribution in [0.15, 0.2) is 0 Å². The van der Waals surface area contributed by atoms with Gasteiger partial charge in [-0.15, -0.1) is 0 Å². The second-order valence-corrected chi connectivity index (χ2v) is 4.24. The number of aliphatic hydroxyl groups excluding tert-OH is 1. The molecule has 1 saturated heterocycles. The molecule has 0 amide bonds. The van der Waals surface area contributed by atoms with E-state index in [1.807, 2.05) is 0 Å². The Hall–Kier alpha value is -0.0800. The molecule has 0 spiro atoms. The standard InChI is InChI=1S/C10H19NO/c12-10(8-4-1-2-5-8)9-6-3-7-11-9/h8-12H,1-7H2. The predicted octanol–water partition coefficient (Wildman–Crippen LogP) is 1.29. The van der Waals surface area contributed by atoms with Gasteiger partial charge in [0.05, 0.1) is 6.10 Å². The lowest BCUT2D eigenvalue weighted by molar-refractivity contribution is 0.0777. The zero-order valence-corrected chi connectivity index (χ0v) is 7.63. The van der Waals surface area contributed by atoms with E-state index in [9.17, 15) is 5.11 Å². The highest BCUT2D eigenvalue weighted by Gasteiger charge is 2.31. The minimum absolute atomic E-state index is 0.0602. The van der Waals surface area contributed by atoms with E-state index in [0.29, 0.717) is 12.0 Å². The summed E-state index contributed by atoms with van der Waals surface area (Å²) in [6.07, 6.45) is 7.52. The molecule has 0 radical (unpaired) electrons. The molecule has 2 unspecified atom stereocenters. The van der Waals surface area contributed by atoms with Crippen LogP contribution in [0.25, 0.3) is 0 Å². The lowest BCUT2D eigenvalue weighted by atomic mass is 9.94. The highest BCUT2D eigenvalue weighted by Crippen LogP contribution is 2.30. The van der Waals surface area contributed by atoms with Crippen molar-refractivity contribution in [3.05, 3.63) is 0 Å². The van der Waals surface area contributed by atoms with Crippen molar-refractivity contribution in [3.63, 3.8) is 0 Å². The van der Waals surface area contributed by atoms with Gasteiger partial charge in [-0.25, -0.2) is 0 Å². The minimum Gasteiger partial charge on any atom is -0.391 e. The summed E-state index contributed by atoms with van der Waals surface area (Å²) < 4.78 is 0. The normalized spacial score (nSPS) is 34.2. The first-order valence-electron chi connectivity index (χ1n) is 5.29. The van der Waals surface area contributed by atoms with E-state index in [0.717, 1.165) is 6.54 Å². The third-order valence-electron chi connectivity index (χ3n) is 3.39. The van der Waals surface area contributed by atoms with Crippen LogP contribution in [0.3, 0.4) is 0 Å². The molecule has 2 N–H and O–H groups in total. The average Bonchev–Trinajstić information content (AvgIpc) is 2.77. The zero-order chi connectivity index (χ0) is 8.39. The van der Waals surface area contributed by atoms with E-state index in [-0.39, 0.29) is 6.10 Å². The van der Waals surface area contributed by atoms with Crippen LogP contribution in [0.5, 0.6) is 0 Å². The van der Waals surface area contributed by atoms with Crippen LogP contribution in [0.4, 0.5) is 0 Å². The monoisotopic (exact) mass is 169 g/mol. The number of nitrogens with one attached hydrogen (secondary N) is 1. The van der Waals surface area contributed by atoms with E-state index in [1.54, 1.807) is 0 Å². The summed E-state index contributed by atoms with van der Waals surface area (Å²) in [5, 5.41) is 13.4. The molecule has 2 atom stereocenters. The largest absolute Gasteiger partial charge is 0.391 e. The smallest absolute Gasteiger partial charge is 0.0721 e. The Balaban J connectivity index is 1.84. The lowest BCUT2D eigenvalue weighted by Crippen LogP contribution is -2.39. The van der Waals surface area contributed by atoms with Crippen molar-refractivity contribution in [2.24, 2.45) is 5.92 Å². The van der Waals surface area contributed by atoms with Crippen LogP contribution in [-0.4, -0.2) is 23.8 Å².